The maximum atomic E-state index is 11.9. The number of carbonyl (C=O) groups is 3. The van der Waals surface area contributed by atoms with Crippen LogP contribution in [0.3, 0.4) is 0 Å². The number of carboxylic acids is 1. The molecule has 1 rings (SSSR count). The van der Waals surface area contributed by atoms with Gasteiger partial charge in [0.1, 0.15) is 0 Å². The lowest BCUT2D eigenvalue weighted by Gasteiger charge is -2.32. The summed E-state index contributed by atoms with van der Waals surface area (Å²) in [7, 11) is 3.25. The lowest BCUT2D eigenvalue weighted by Crippen LogP contribution is -2.48. The fourth-order valence-corrected chi connectivity index (χ4v) is 2.08. The highest BCUT2D eigenvalue weighted by Crippen LogP contribution is 2.19. The Morgan fingerprint density at radius 3 is 2.63 bits per heavy atom. The summed E-state index contributed by atoms with van der Waals surface area (Å²) in [6.07, 6.45) is 1.71. The van der Waals surface area contributed by atoms with Gasteiger partial charge in [-0.15, -0.1) is 0 Å². The number of carbonyl (C=O) groups excluding carboxylic acids is 2. The molecule has 0 aromatic carbocycles. The topological polar surface area (TPSA) is 90.0 Å². The van der Waals surface area contributed by atoms with E-state index < -0.39 is 5.97 Å². The van der Waals surface area contributed by atoms with Crippen molar-refractivity contribution < 1.29 is 19.5 Å². The molecule has 0 radical (unpaired) electrons. The van der Waals surface area contributed by atoms with Crippen molar-refractivity contribution in [3.05, 3.63) is 0 Å². The smallest absolute Gasteiger partial charge is 0.317 e. The standard InChI is InChI=1S/C12H21N3O4/c1-14(2)10(16)7-13-12(19)15-5-3-4-9(8-15)6-11(17)18/h9H,3-8H2,1-2H3,(H,13,19)(H,17,18). The molecule has 1 heterocycles. The molecule has 0 aliphatic carbocycles. The number of piperidine rings is 1. The Balaban J connectivity index is 2.39. The van der Waals surface area contributed by atoms with E-state index in [2.05, 4.69) is 5.32 Å². The summed E-state index contributed by atoms with van der Waals surface area (Å²) in [4.78, 5) is 36.9. The van der Waals surface area contributed by atoms with Gasteiger partial charge >= 0.3 is 12.0 Å². The van der Waals surface area contributed by atoms with Crippen molar-refractivity contribution in [2.45, 2.75) is 19.3 Å². The minimum Gasteiger partial charge on any atom is -0.481 e. The summed E-state index contributed by atoms with van der Waals surface area (Å²) in [6, 6.07) is -0.301. The molecule has 1 atom stereocenters. The Morgan fingerprint density at radius 1 is 1.37 bits per heavy atom. The number of likely N-dealkylation sites (tertiary alicyclic amines) is 1. The number of nitrogens with zero attached hydrogens (tertiary/aromatic N) is 2. The molecule has 1 aliphatic heterocycles. The number of hydrogen-bond donors (Lipinski definition) is 2. The van der Waals surface area contributed by atoms with Gasteiger partial charge in [0.2, 0.25) is 5.91 Å². The van der Waals surface area contributed by atoms with Gasteiger partial charge < -0.3 is 20.2 Å². The van der Waals surface area contributed by atoms with Crippen LogP contribution >= 0.6 is 0 Å². The summed E-state index contributed by atoms with van der Waals surface area (Å²) < 4.78 is 0. The molecule has 0 aromatic rings. The Hall–Kier alpha value is -1.79. The molecule has 0 spiro atoms. The van der Waals surface area contributed by atoms with Gasteiger partial charge in [-0.25, -0.2) is 4.79 Å². The van der Waals surface area contributed by atoms with Crippen molar-refractivity contribution in [3.63, 3.8) is 0 Å². The van der Waals surface area contributed by atoms with Crippen molar-refractivity contribution >= 4 is 17.9 Å². The van der Waals surface area contributed by atoms with E-state index in [0.717, 1.165) is 12.8 Å². The normalized spacial score (nSPS) is 18.8. The molecule has 3 amide bonds. The lowest BCUT2D eigenvalue weighted by molar-refractivity contribution is -0.138. The van der Waals surface area contributed by atoms with Crippen molar-refractivity contribution in [2.75, 3.05) is 33.7 Å². The Morgan fingerprint density at radius 2 is 2.05 bits per heavy atom. The van der Waals surface area contributed by atoms with E-state index in [1.165, 1.54) is 4.90 Å². The summed E-state index contributed by atoms with van der Waals surface area (Å²) in [5, 5.41) is 11.3. The van der Waals surface area contributed by atoms with Gasteiger partial charge in [-0.05, 0) is 18.8 Å². The second-order valence-corrected chi connectivity index (χ2v) is 5.00. The average molecular weight is 271 g/mol. The molecule has 0 saturated carbocycles. The number of hydrogen-bond acceptors (Lipinski definition) is 3. The van der Waals surface area contributed by atoms with Crippen molar-refractivity contribution in [1.29, 1.82) is 0 Å². The third kappa shape index (κ3) is 5.15. The number of urea groups is 1. The molecule has 108 valence electrons. The van der Waals surface area contributed by atoms with Gasteiger partial charge in [-0.2, -0.15) is 0 Å². The van der Waals surface area contributed by atoms with E-state index in [9.17, 15) is 14.4 Å². The SMILES string of the molecule is CN(C)C(=O)CNC(=O)N1CCCC(CC(=O)O)C1. The number of amides is 3. The first-order valence-corrected chi connectivity index (χ1v) is 6.35. The largest absolute Gasteiger partial charge is 0.481 e. The molecular weight excluding hydrogens is 250 g/mol. The number of rotatable bonds is 4. The third-order valence-electron chi connectivity index (χ3n) is 3.16. The highest BCUT2D eigenvalue weighted by atomic mass is 16.4. The highest BCUT2D eigenvalue weighted by Gasteiger charge is 2.25. The summed E-state index contributed by atoms with van der Waals surface area (Å²) >= 11 is 0. The first-order chi connectivity index (χ1) is 8.90. The lowest BCUT2D eigenvalue weighted by atomic mass is 9.95. The van der Waals surface area contributed by atoms with Crippen LogP contribution < -0.4 is 5.32 Å². The predicted octanol–water partition coefficient (Wildman–Crippen LogP) is -0.0291. The minimum atomic E-state index is -0.838. The van der Waals surface area contributed by atoms with Crippen LogP contribution in [0.1, 0.15) is 19.3 Å². The molecular formula is C12H21N3O4. The number of aliphatic carboxylic acids is 1. The van der Waals surface area contributed by atoms with Crippen LogP contribution in [-0.2, 0) is 9.59 Å². The van der Waals surface area contributed by atoms with Crippen LogP contribution in [-0.4, -0.2) is 66.5 Å². The van der Waals surface area contributed by atoms with Gasteiger partial charge in [0.05, 0.1) is 6.54 Å². The predicted molar refractivity (Wildman–Crippen MR) is 68.6 cm³/mol. The first-order valence-electron chi connectivity index (χ1n) is 6.35. The number of likely N-dealkylation sites (N-methyl/N-ethyl adjacent to an activating group) is 1. The van der Waals surface area contributed by atoms with E-state index >= 15 is 0 Å². The molecule has 19 heavy (non-hydrogen) atoms. The van der Waals surface area contributed by atoms with E-state index in [-0.39, 0.29) is 30.8 Å². The molecule has 0 bridgehead atoms. The zero-order valence-electron chi connectivity index (χ0n) is 11.4. The molecule has 7 heteroatoms. The second-order valence-electron chi connectivity index (χ2n) is 5.00. The van der Waals surface area contributed by atoms with Crippen molar-refractivity contribution in [2.24, 2.45) is 5.92 Å². The molecule has 1 fully saturated rings. The third-order valence-corrected chi connectivity index (χ3v) is 3.16. The number of nitrogens with one attached hydrogen (secondary N) is 1. The second kappa shape index (κ2) is 6.96. The number of carboxylic acid groups (broad SMARTS) is 1. The zero-order chi connectivity index (χ0) is 14.4. The average Bonchev–Trinajstić information content (AvgIpc) is 2.34. The van der Waals surface area contributed by atoms with Gasteiger partial charge in [0, 0.05) is 33.6 Å². The van der Waals surface area contributed by atoms with Gasteiger partial charge in [-0.3, -0.25) is 9.59 Å². The molecule has 2 N–H and O–H groups in total. The van der Waals surface area contributed by atoms with Gasteiger partial charge in [0.25, 0.3) is 0 Å². The van der Waals surface area contributed by atoms with E-state index in [4.69, 9.17) is 5.11 Å². The zero-order valence-corrected chi connectivity index (χ0v) is 11.4. The summed E-state index contributed by atoms with van der Waals surface area (Å²) in [6.45, 7) is 1.01. The minimum absolute atomic E-state index is 0.00144. The fraction of sp³-hybridized carbons (Fsp3) is 0.750. The van der Waals surface area contributed by atoms with Gasteiger partial charge in [0.15, 0.2) is 0 Å². The van der Waals surface area contributed by atoms with Crippen LogP contribution in [0.15, 0.2) is 0 Å². The Kier molecular flexibility index (Phi) is 5.59. The first kappa shape index (κ1) is 15.3. The van der Waals surface area contributed by atoms with Crippen molar-refractivity contribution in [3.8, 4) is 0 Å². The van der Waals surface area contributed by atoms with Crippen LogP contribution in [0.5, 0.6) is 0 Å². The fourth-order valence-electron chi connectivity index (χ4n) is 2.08. The van der Waals surface area contributed by atoms with E-state index in [1.807, 2.05) is 0 Å². The Bertz CT molecular complexity index is 357. The van der Waals surface area contributed by atoms with Crippen LogP contribution in [0.2, 0.25) is 0 Å². The monoisotopic (exact) mass is 271 g/mol. The van der Waals surface area contributed by atoms with Crippen molar-refractivity contribution in [1.82, 2.24) is 15.1 Å². The molecule has 0 aromatic heterocycles. The van der Waals surface area contributed by atoms with Gasteiger partial charge in [-0.1, -0.05) is 0 Å². The summed E-state index contributed by atoms with van der Waals surface area (Å²) in [5.74, 6) is -1.01. The maximum Gasteiger partial charge on any atom is 0.317 e. The molecule has 1 unspecified atom stereocenters. The maximum absolute atomic E-state index is 11.9. The quantitative estimate of drug-likeness (QED) is 0.751. The molecule has 7 nitrogen and oxygen atoms in total. The van der Waals surface area contributed by atoms with E-state index in [0.29, 0.717) is 13.1 Å². The van der Waals surface area contributed by atoms with E-state index in [1.54, 1.807) is 19.0 Å². The van der Waals surface area contributed by atoms with Crippen LogP contribution in [0, 0.1) is 5.92 Å². The molecule has 1 saturated heterocycles. The Labute approximate surface area is 112 Å². The summed E-state index contributed by atoms with van der Waals surface area (Å²) in [5.41, 5.74) is 0. The molecule has 1 aliphatic rings. The highest BCUT2D eigenvalue weighted by molar-refractivity contribution is 5.83. The van der Waals surface area contributed by atoms with Crippen LogP contribution in [0.25, 0.3) is 0 Å². The van der Waals surface area contributed by atoms with Crippen LogP contribution in [0.4, 0.5) is 4.79 Å².